The Morgan fingerprint density at radius 3 is 2.31 bits per heavy atom. The number of nitro groups is 1. The molecule has 0 bridgehead atoms. The van der Waals surface area contributed by atoms with Gasteiger partial charge in [0.2, 0.25) is 11.2 Å². The molecule has 0 aliphatic rings. The number of hydrogen-bond acceptors (Lipinski definition) is 8. The first kappa shape index (κ1) is 24.3. The first-order valence-corrected chi connectivity index (χ1v) is 10.0. The number of ether oxygens (including phenoxy) is 3. The van der Waals surface area contributed by atoms with Crippen molar-refractivity contribution in [2.24, 2.45) is 0 Å². The molecule has 184 valence electrons. The third-order valence-corrected chi connectivity index (χ3v) is 4.87. The zero-order chi connectivity index (χ0) is 26.0. The van der Waals surface area contributed by atoms with E-state index in [9.17, 15) is 32.9 Å². The zero-order valence-electron chi connectivity index (χ0n) is 18.2. The minimum atomic E-state index is -5.09. The first-order valence-electron chi connectivity index (χ1n) is 10.0. The Labute approximate surface area is 199 Å². The van der Waals surface area contributed by atoms with Crippen LogP contribution in [0.5, 0.6) is 23.0 Å². The molecule has 36 heavy (non-hydrogen) atoms. The van der Waals surface area contributed by atoms with Crippen molar-refractivity contribution >= 4 is 22.6 Å². The number of methoxy groups -OCH3 is 1. The number of rotatable bonds is 6. The quantitative estimate of drug-likeness (QED) is 0.142. The van der Waals surface area contributed by atoms with Crippen LogP contribution >= 0.6 is 0 Å². The second-order valence-corrected chi connectivity index (χ2v) is 7.22. The van der Waals surface area contributed by atoms with Crippen molar-refractivity contribution in [3.8, 4) is 23.0 Å². The maximum Gasteiger partial charge on any atom is 0.453 e. The van der Waals surface area contributed by atoms with Gasteiger partial charge < -0.3 is 18.6 Å². The number of halogens is 3. The molecule has 4 rings (SSSR count). The summed E-state index contributed by atoms with van der Waals surface area (Å²) in [5, 5.41) is 10.5. The lowest BCUT2D eigenvalue weighted by Crippen LogP contribution is -2.15. The number of fused-ring (bicyclic) bond motifs is 1. The summed E-state index contributed by atoms with van der Waals surface area (Å²) in [5.74, 6) is -3.68. The number of carbonyl (C=O) groups is 1. The van der Waals surface area contributed by atoms with Gasteiger partial charge in [0.15, 0.2) is 0 Å². The monoisotopic (exact) mass is 501 g/mol. The molecule has 0 saturated heterocycles. The molecule has 0 radical (unpaired) electrons. The predicted octanol–water partition coefficient (Wildman–Crippen LogP) is 5.74. The molecule has 3 aromatic carbocycles. The maximum absolute atomic E-state index is 13.8. The number of non-ortho nitro benzene ring substituents is 1. The lowest BCUT2D eigenvalue weighted by atomic mass is 10.2. The summed E-state index contributed by atoms with van der Waals surface area (Å²) in [6.07, 6.45) is -5.09. The number of esters is 1. The van der Waals surface area contributed by atoms with Gasteiger partial charge in [-0.3, -0.25) is 14.9 Å². The average Bonchev–Trinajstić information content (AvgIpc) is 2.85. The summed E-state index contributed by atoms with van der Waals surface area (Å²) >= 11 is 0. The van der Waals surface area contributed by atoms with Gasteiger partial charge in [0, 0.05) is 24.3 Å². The maximum atomic E-state index is 13.8. The molecule has 0 atom stereocenters. The zero-order valence-corrected chi connectivity index (χ0v) is 18.2. The number of nitrogens with zero attached hydrogens (tertiary/aromatic N) is 1. The molecule has 9 nitrogen and oxygen atoms in total. The van der Waals surface area contributed by atoms with E-state index >= 15 is 0 Å². The highest BCUT2D eigenvalue weighted by Crippen LogP contribution is 2.39. The van der Waals surface area contributed by atoms with Crippen LogP contribution in [0.15, 0.2) is 75.9 Å². The molecule has 1 heterocycles. The van der Waals surface area contributed by atoms with Crippen LogP contribution < -0.4 is 19.6 Å². The number of benzene rings is 3. The average molecular weight is 501 g/mol. The van der Waals surface area contributed by atoms with Gasteiger partial charge in [-0.2, -0.15) is 13.2 Å². The van der Waals surface area contributed by atoms with Crippen LogP contribution in [0.3, 0.4) is 0 Å². The van der Waals surface area contributed by atoms with E-state index in [1.807, 2.05) is 0 Å². The highest BCUT2D eigenvalue weighted by Gasteiger charge is 2.40. The first-order chi connectivity index (χ1) is 17.1. The third kappa shape index (κ3) is 4.97. The van der Waals surface area contributed by atoms with E-state index in [0.29, 0.717) is 5.75 Å². The lowest BCUT2D eigenvalue weighted by molar-refractivity contribution is -0.384. The van der Waals surface area contributed by atoms with Crippen LogP contribution in [0.2, 0.25) is 0 Å². The largest absolute Gasteiger partial charge is 0.497 e. The molecule has 0 amide bonds. The molecule has 0 aliphatic carbocycles. The molecule has 12 heteroatoms. The minimum absolute atomic E-state index is 0.0415. The Bertz CT molecular complexity index is 1530. The summed E-state index contributed by atoms with van der Waals surface area (Å²) in [7, 11) is 1.36. The predicted molar refractivity (Wildman–Crippen MR) is 119 cm³/mol. The lowest BCUT2D eigenvalue weighted by Gasteiger charge is -2.14. The van der Waals surface area contributed by atoms with Crippen molar-refractivity contribution in [2.45, 2.75) is 6.18 Å². The normalized spacial score (nSPS) is 11.2. The molecule has 0 saturated carbocycles. The van der Waals surface area contributed by atoms with E-state index in [1.165, 1.54) is 31.4 Å². The third-order valence-electron chi connectivity index (χ3n) is 4.87. The number of carbonyl (C=O) groups excluding carboxylic acids is 1. The Balaban J connectivity index is 1.71. The fourth-order valence-corrected chi connectivity index (χ4v) is 3.17. The van der Waals surface area contributed by atoms with Crippen molar-refractivity contribution < 1.29 is 41.5 Å². The molecule has 0 spiro atoms. The van der Waals surface area contributed by atoms with Crippen LogP contribution in [0.4, 0.5) is 18.9 Å². The molecular formula is C24H14F3NO8. The van der Waals surface area contributed by atoms with Gasteiger partial charge in [0.1, 0.15) is 22.8 Å². The summed E-state index contributed by atoms with van der Waals surface area (Å²) in [6, 6.07) is 13.4. The van der Waals surface area contributed by atoms with Crippen LogP contribution in [-0.2, 0) is 6.18 Å². The molecular weight excluding hydrogens is 487 g/mol. The van der Waals surface area contributed by atoms with Gasteiger partial charge in [0.05, 0.1) is 23.0 Å². The van der Waals surface area contributed by atoms with E-state index in [1.54, 1.807) is 6.07 Å². The fraction of sp³-hybridized carbons (Fsp3) is 0.0833. The van der Waals surface area contributed by atoms with Crippen molar-refractivity contribution in [2.75, 3.05) is 7.11 Å². The summed E-state index contributed by atoms with van der Waals surface area (Å²) in [6.45, 7) is 0. The van der Waals surface area contributed by atoms with Gasteiger partial charge >= 0.3 is 12.1 Å². The molecule has 0 N–H and O–H groups in total. The van der Waals surface area contributed by atoms with Crippen LogP contribution in [-0.4, -0.2) is 18.0 Å². The fourth-order valence-electron chi connectivity index (χ4n) is 3.17. The van der Waals surface area contributed by atoms with Crippen LogP contribution in [0.1, 0.15) is 16.1 Å². The molecule has 4 aromatic rings. The molecule has 1 aromatic heterocycles. The number of hydrogen-bond donors (Lipinski definition) is 0. The van der Waals surface area contributed by atoms with Crippen LogP contribution in [0, 0.1) is 10.1 Å². The minimum Gasteiger partial charge on any atom is -0.497 e. The van der Waals surface area contributed by atoms with Gasteiger partial charge in [-0.05, 0) is 36.4 Å². The second-order valence-electron chi connectivity index (χ2n) is 7.22. The highest BCUT2D eigenvalue weighted by molar-refractivity contribution is 5.92. The van der Waals surface area contributed by atoms with Crippen molar-refractivity contribution in [1.29, 1.82) is 0 Å². The topological polar surface area (TPSA) is 118 Å². The Kier molecular flexibility index (Phi) is 6.34. The Hall–Kier alpha value is -4.87. The van der Waals surface area contributed by atoms with Gasteiger partial charge in [-0.1, -0.05) is 6.07 Å². The summed E-state index contributed by atoms with van der Waals surface area (Å²) in [5.41, 5.74) is -1.88. The molecule has 0 unspecified atom stereocenters. The standard InChI is InChI=1S/C24H14F3NO8/c1-33-15-3-2-4-16(11-15)34-21-20(29)18-10-9-17(12-19(18)36-22(21)24(25,26)27)35-23(30)13-5-7-14(8-6-13)28(31)32/h2-12H,1H3. The summed E-state index contributed by atoms with van der Waals surface area (Å²) < 4.78 is 61.6. The SMILES string of the molecule is COc1cccc(Oc2c(C(F)(F)F)oc3cc(OC(=O)c4ccc([N+](=O)[O-])cc4)ccc3c2=O)c1. The van der Waals surface area contributed by atoms with E-state index in [-0.39, 0.29) is 28.1 Å². The van der Waals surface area contributed by atoms with E-state index in [4.69, 9.17) is 18.6 Å². The number of nitro benzene ring substituents is 1. The highest BCUT2D eigenvalue weighted by atomic mass is 19.4. The summed E-state index contributed by atoms with van der Waals surface area (Å²) in [4.78, 5) is 35.3. The van der Waals surface area contributed by atoms with Gasteiger partial charge in [0.25, 0.3) is 11.4 Å². The van der Waals surface area contributed by atoms with Gasteiger partial charge in [-0.25, -0.2) is 4.79 Å². The van der Waals surface area contributed by atoms with Crippen LogP contribution in [0.25, 0.3) is 11.0 Å². The van der Waals surface area contributed by atoms with E-state index < -0.39 is 39.6 Å². The molecule has 0 fully saturated rings. The smallest absolute Gasteiger partial charge is 0.453 e. The van der Waals surface area contributed by atoms with Gasteiger partial charge in [-0.15, -0.1) is 0 Å². The number of alkyl halides is 3. The van der Waals surface area contributed by atoms with E-state index in [0.717, 1.165) is 36.4 Å². The van der Waals surface area contributed by atoms with E-state index in [2.05, 4.69) is 0 Å². The molecule has 0 aliphatic heterocycles. The Morgan fingerprint density at radius 1 is 0.972 bits per heavy atom. The second kappa shape index (κ2) is 9.41. The Morgan fingerprint density at radius 2 is 1.67 bits per heavy atom. The van der Waals surface area contributed by atoms with Crippen molar-refractivity contribution in [3.05, 3.63) is 98.4 Å². The van der Waals surface area contributed by atoms with Crippen molar-refractivity contribution in [3.63, 3.8) is 0 Å². The van der Waals surface area contributed by atoms with Crippen molar-refractivity contribution in [1.82, 2.24) is 0 Å².